The van der Waals surface area contributed by atoms with Crippen molar-refractivity contribution in [3.8, 4) is 34.1 Å². The van der Waals surface area contributed by atoms with Gasteiger partial charge in [0, 0.05) is 5.56 Å². The van der Waals surface area contributed by atoms with Gasteiger partial charge in [0.1, 0.15) is 22.9 Å². The van der Waals surface area contributed by atoms with Gasteiger partial charge in [0.05, 0.1) is 23.9 Å². The highest BCUT2D eigenvalue weighted by Crippen LogP contribution is 2.31. The lowest BCUT2D eigenvalue weighted by Gasteiger charge is -2.09. The molecule has 0 spiro atoms. The molecule has 0 saturated heterocycles. The lowest BCUT2D eigenvalue weighted by molar-refractivity contribution is 0.304. The number of aromatic nitrogens is 2. The van der Waals surface area contributed by atoms with Gasteiger partial charge in [-0.2, -0.15) is 14.0 Å². The van der Waals surface area contributed by atoms with E-state index in [9.17, 15) is 5.26 Å². The monoisotopic (exact) mass is 469 g/mol. The van der Waals surface area contributed by atoms with Crippen LogP contribution in [0.5, 0.6) is 5.75 Å². The van der Waals surface area contributed by atoms with Crippen molar-refractivity contribution in [2.75, 3.05) is 6.61 Å². The first-order valence-electron chi connectivity index (χ1n) is 12.3. The molecule has 4 rings (SSSR count). The molecule has 0 bridgehead atoms. The topological polar surface area (TPSA) is 58.8 Å². The second kappa shape index (κ2) is 12.3. The van der Waals surface area contributed by atoms with Crippen LogP contribution in [0.4, 0.5) is 0 Å². The maximum Gasteiger partial charge on any atom is 0.123 e. The van der Waals surface area contributed by atoms with Crippen LogP contribution in [-0.4, -0.2) is 15.4 Å². The third-order valence-corrected chi connectivity index (χ3v) is 6.71. The van der Waals surface area contributed by atoms with Gasteiger partial charge >= 0.3 is 0 Å². The summed E-state index contributed by atoms with van der Waals surface area (Å²) in [4.78, 5) is 0. The van der Waals surface area contributed by atoms with E-state index >= 15 is 0 Å². The molecule has 0 aliphatic carbocycles. The Kier molecular flexibility index (Phi) is 8.65. The van der Waals surface area contributed by atoms with E-state index in [0.717, 1.165) is 58.3 Å². The number of unbranched alkanes of at least 4 members (excludes halogenated alkanes) is 7. The standard InChI is InChI=1S/C29H31N3OS/c1-2-3-4-5-6-7-8-9-20-33-26-17-14-23(15-18-26)22-10-12-24(13-11-22)27-19-16-25(21-30)28-29(27)32-34-31-28/h10-19H,2-9,20H2,1H3. The zero-order valence-electron chi connectivity index (χ0n) is 19.8. The summed E-state index contributed by atoms with van der Waals surface area (Å²) < 4.78 is 14.6. The lowest BCUT2D eigenvalue weighted by Crippen LogP contribution is -1.97. The molecule has 3 aromatic carbocycles. The Balaban J connectivity index is 1.30. The highest BCUT2D eigenvalue weighted by molar-refractivity contribution is 7.00. The van der Waals surface area contributed by atoms with Gasteiger partial charge in [-0.15, -0.1) is 0 Å². The molecule has 0 saturated carbocycles. The van der Waals surface area contributed by atoms with Crippen molar-refractivity contribution in [1.29, 1.82) is 5.26 Å². The van der Waals surface area contributed by atoms with Gasteiger partial charge < -0.3 is 4.74 Å². The van der Waals surface area contributed by atoms with Crippen molar-refractivity contribution in [2.24, 2.45) is 0 Å². The Morgan fingerprint density at radius 1 is 0.706 bits per heavy atom. The van der Waals surface area contributed by atoms with Crippen LogP contribution in [0.1, 0.15) is 63.9 Å². The Hall–Kier alpha value is -3.23. The molecular formula is C29H31N3OS. The summed E-state index contributed by atoms with van der Waals surface area (Å²) in [6.07, 6.45) is 10.5. The molecule has 0 radical (unpaired) electrons. The predicted octanol–water partition coefficient (Wildman–Crippen LogP) is 8.42. The summed E-state index contributed by atoms with van der Waals surface area (Å²) in [5.41, 5.74) is 6.40. The Labute approximate surface area is 206 Å². The number of hydrogen-bond donors (Lipinski definition) is 0. The molecule has 1 heterocycles. The van der Waals surface area contributed by atoms with Gasteiger partial charge in [-0.05, 0) is 41.3 Å². The molecular weight excluding hydrogens is 438 g/mol. The van der Waals surface area contributed by atoms with E-state index in [4.69, 9.17) is 4.74 Å². The second-order valence-electron chi connectivity index (χ2n) is 8.66. The zero-order valence-corrected chi connectivity index (χ0v) is 20.6. The van der Waals surface area contributed by atoms with E-state index in [0.29, 0.717) is 11.1 Å². The average molecular weight is 470 g/mol. The van der Waals surface area contributed by atoms with Crippen LogP contribution in [0.15, 0.2) is 60.7 Å². The van der Waals surface area contributed by atoms with Crippen molar-refractivity contribution in [3.63, 3.8) is 0 Å². The third kappa shape index (κ3) is 6.01. The van der Waals surface area contributed by atoms with E-state index in [1.807, 2.05) is 12.1 Å². The summed E-state index contributed by atoms with van der Waals surface area (Å²) >= 11 is 1.14. The number of rotatable bonds is 12. The third-order valence-electron chi connectivity index (χ3n) is 6.19. The van der Waals surface area contributed by atoms with Crippen molar-refractivity contribution < 1.29 is 4.74 Å². The van der Waals surface area contributed by atoms with Crippen LogP contribution in [0.2, 0.25) is 0 Å². The van der Waals surface area contributed by atoms with E-state index < -0.39 is 0 Å². The number of ether oxygens (including phenoxy) is 1. The molecule has 34 heavy (non-hydrogen) atoms. The maximum atomic E-state index is 9.29. The number of nitriles is 1. The van der Waals surface area contributed by atoms with Gasteiger partial charge in [-0.25, -0.2) is 0 Å². The SMILES string of the molecule is CCCCCCCCCCOc1ccc(-c2ccc(-c3ccc(C#N)c4nsnc34)cc2)cc1. The molecule has 1 aromatic heterocycles. The first-order chi connectivity index (χ1) is 16.8. The van der Waals surface area contributed by atoms with Crippen LogP contribution >= 0.6 is 11.7 Å². The Bertz CT molecular complexity index is 1220. The van der Waals surface area contributed by atoms with Gasteiger partial charge in [0.2, 0.25) is 0 Å². The normalized spacial score (nSPS) is 10.9. The smallest absolute Gasteiger partial charge is 0.123 e. The van der Waals surface area contributed by atoms with Crippen LogP contribution in [-0.2, 0) is 0 Å². The Morgan fingerprint density at radius 3 is 1.97 bits per heavy atom. The minimum atomic E-state index is 0.564. The molecule has 5 heteroatoms. The minimum absolute atomic E-state index is 0.564. The van der Waals surface area contributed by atoms with Crippen molar-refractivity contribution in [2.45, 2.75) is 58.3 Å². The van der Waals surface area contributed by atoms with Crippen molar-refractivity contribution >= 4 is 22.8 Å². The summed E-state index contributed by atoms with van der Waals surface area (Å²) in [6, 6.07) is 22.7. The van der Waals surface area contributed by atoms with E-state index in [1.165, 1.54) is 44.9 Å². The number of benzene rings is 3. The fourth-order valence-electron chi connectivity index (χ4n) is 4.20. The van der Waals surface area contributed by atoms with Gasteiger partial charge in [0.25, 0.3) is 0 Å². The molecule has 0 fully saturated rings. The minimum Gasteiger partial charge on any atom is -0.494 e. The first-order valence-corrected chi connectivity index (χ1v) is 13.0. The van der Waals surface area contributed by atoms with Crippen LogP contribution in [0, 0.1) is 11.3 Å². The maximum absolute atomic E-state index is 9.29. The fraction of sp³-hybridized carbons (Fsp3) is 0.345. The molecule has 0 atom stereocenters. The molecule has 0 N–H and O–H groups in total. The molecule has 4 nitrogen and oxygen atoms in total. The lowest BCUT2D eigenvalue weighted by atomic mass is 9.98. The molecule has 0 amide bonds. The van der Waals surface area contributed by atoms with Crippen molar-refractivity contribution in [1.82, 2.24) is 8.75 Å². The molecule has 0 unspecified atom stereocenters. The zero-order chi connectivity index (χ0) is 23.6. The van der Waals surface area contributed by atoms with E-state index in [-0.39, 0.29) is 0 Å². The fourth-order valence-corrected chi connectivity index (χ4v) is 4.78. The van der Waals surface area contributed by atoms with Gasteiger partial charge in [-0.3, -0.25) is 0 Å². The number of nitrogens with zero attached hydrogens (tertiary/aromatic N) is 3. The predicted molar refractivity (Wildman–Crippen MR) is 141 cm³/mol. The molecule has 4 aromatic rings. The van der Waals surface area contributed by atoms with Gasteiger partial charge in [0.15, 0.2) is 0 Å². The largest absolute Gasteiger partial charge is 0.494 e. The number of hydrogen-bond acceptors (Lipinski definition) is 5. The highest BCUT2D eigenvalue weighted by Gasteiger charge is 2.12. The van der Waals surface area contributed by atoms with Crippen LogP contribution in [0.3, 0.4) is 0 Å². The summed E-state index contributed by atoms with van der Waals surface area (Å²) in [5.74, 6) is 0.930. The second-order valence-corrected chi connectivity index (χ2v) is 9.19. The quantitative estimate of drug-likeness (QED) is 0.195. The summed E-state index contributed by atoms with van der Waals surface area (Å²) in [5, 5.41) is 9.29. The molecule has 0 aliphatic rings. The number of fused-ring (bicyclic) bond motifs is 1. The first kappa shape index (κ1) is 23.9. The summed E-state index contributed by atoms with van der Waals surface area (Å²) in [7, 11) is 0. The summed E-state index contributed by atoms with van der Waals surface area (Å²) in [6.45, 7) is 3.05. The van der Waals surface area contributed by atoms with Crippen molar-refractivity contribution in [3.05, 3.63) is 66.2 Å². The van der Waals surface area contributed by atoms with E-state index in [1.54, 1.807) is 0 Å². The molecule has 0 aliphatic heterocycles. The Morgan fingerprint density at radius 2 is 1.29 bits per heavy atom. The average Bonchev–Trinajstić information content (AvgIpc) is 3.38. The van der Waals surface area contributed by atoms with Crippen LogP contribution < -0.4 is 4.74 Å². The van der Waals surface area contributed by atoms with Crippen LogP contribution in [0.25, 0.3) is 33.3 Å². The molecule has 174 valence electrons. The highest BCUT2D eigenvalue weighted by atomic mass is 32.1. The van der Waals surface area contributed by atoms with E-state index in [2.05, 4.69) is 70.3 Å². The van der Waals surface area contributed by atoms with Gasteiger partial charge in [-0.1, -0.05) is 94.3 Å².